The lowest BCUT2D eigenvalue weighted by Gasteiger charge is -2.58. The molecule has 0 aromatic rings. The van der Waals surface area contributed by atoms with Crippen LogP contribution in [0, 0.1) is 46.3 Å². The lowest BCUT2D eigenvalue weighted by atomic mass is 9.47. The highest BCUT2D eigenvalue weighted by atomic mass is 32.3. The molecule has 4 aliphatic rings. The van der Waals surface area contributed by atoms with Crippen molar-refractivity contribution in [2.24, 2.45) is 46.3 Å². The van der Waals surface area contributed by atoms with Crippen molar-refractivity contribution in [1.29, 1.82) is 0 Å². The van der Waals surface area contributed by atoms with Crippen molar-refractivity contribution >= 4 is 10.4 Å². The topological polar surface area (TPSA) is 63.6 Å². The van der Waals surface area contributed by atoms with Crippen LogP contribution in [0.25, 0.3) is 0 Å². The van der Waals surface area contributed by atoms with Gasteiger partial charge in [0.05, 0.1) is 6.10 Å². The molecule has 4 aliphatic carbocycles. The van der Waals surface area contributed by atoms with Crippen LogP contribution in [0.2, 0.25) is 0 Å². The van der Waals surface area contributed by atoms with Gasteiger partial charge in [0.25, 0.3) is 0 Å². The zero-order valence-electron chi connectivity index (χ0n) is 21.0. The Morgan fingerprint density at radius 3 is 2.50 bits per heavy atom. The third-order valence-corrected chi connectivity index (χ3v) is 11.0. The van der Waals surface area contributed by atoms with Crippen LogP contribution in [0.5, 0.6) is 0 Å². The lowest BCUT2D eigenvalue weighted by Crippen LogP contribution is -2.51. The zero-order chi connectivity index (χ0) is 23.3. The van der Waals surface area contributed by atoms with E-state index in [0.29, 0.717) is 24.2 Å². The minimum absolute atomic E-state index is 0.171. The Kier molecular flexibility index (Phi) is 6.95. The average molecular weight is 467 g/mol. The Balaban J connectivity index is 1.47. The molecule has 0 heterocycles. The molecule has 3 fully saturated rings. The SMILES string of the molecule is CC(C)CCCC(C)[C@H]1CC[C@H]2[C@@H]3CC=C4C[C@@H](OS(=O)(=O)O)CC[C@]4(C)[C@H]3CC[C@]12C. The molecule has 1 unspecified atom stereocenters. The zero-order valence-corrected chi connectivity index (χ0v) is 21.8. The second kappa shape index (κ2) is 9.00. The summed E-state index contributed by atoms with van der Waals surface area (Å²) in [5.41, 5.74) is 2.05. The van der Waals surface area contributed by atoms with Crippen LogP contribution in [-0.4, -0.2) is 19.1 Å². The van der Waals surface area contributed by atoms with Gasteiger partial charge in [0.2, 0.25) is 0 Å². The molecule has 0 bridgehead atoms. The van der Waals surface area contributed by atoms with Gasteiger partial charge < -0.3 is 0 Å². The van der Waals surface area contributed by atoms with E-state index in [1.807, 2.05) is 0 Å². The van der Waals surface area contributed by atoms with E-state index in [4.69, 9.17) is 8.74 Å². The van der Waals surface area contributed by atoms with Gasteiger partial charge in [-0.1, -0.05) is 65.5 Å². The summed E-state index contributed by atoms with van der Waals surface area (Å²) < 4.78 is 36.6. The fraction of sp³-hybridized carbons (Fsp3) is 0.926. The average Bonchev–Trinajstić information content (AvgIpc) is 3.04. The maximum absolute atomic E-state index is 11.2. The van der Waals surface area contributed by atoms with Crippen molar-refractivity contribution in [3.63, 3.8) is 0 Å². The quantitative estimate of drug-likeness (QED) is 0.318. The van der Waals surface area contributed by atoms with Crippen LogP contribution in [0.15, 0.2) is 11.6 Å². The van der Waals surface area contributed by atoms with Gasteiger partial charge in [-0.15, -0.1) is 0 Å². The van der Waals surface area contributed by atoms with E-state index < -0.39 is 16.5 Å². The summed E-state index contributed by atoms with van der Waals surface area (Å²) in [5, 5.41) is 0. The van der Waals surface area contributed by atoms with E-state index in [0.717, 1.165) is 42.4 Å². The molecule has 8 atom stereocenters. The van der Waals surface area contributed by atoms with Crippen LogP contribution in [0.1, 0.15) is 105 Å². The van der Waals surface area contributed by atoms with Crippen molar-refractivity contribution in [3.05, 3.63) is 11.6 Å². The summed E-state index contributed by atoms with van der Waals surface area (Å²) in [6.45, 7) is 12.3. The largest absolute Gasteiger partial charge is 0.397 e. The monoisotopic (exact) mass is 466 g/mol. The first-order chi connectivity index (χ1) is 14.9. The molecule has 0 amide bonds. The highest BCUT2D eigenvalue weighted by Crippen LogP contribution is 2.67. The van der Waals surface area contributed by atoms with Gasteiger partial charge in [-0.05, 0) is 97.7 Å². The first-order valence-corrected chi connectivity index (χ1v) is 14.7. The van der Waals surface area contributed by atoms with Crippen molar-refractivity contribution in [2.75, 3.05) is 0 Å². The van der Waals surface area contributed by atoms with Gasteiger partial charge in [0.1, 0.15) is 0 Å². The Bertz CT molecular complexity index is 818. The molecule has 4 rings (SSSR count). The second-order valence-electron chi connectivity index (χ2n) is 12.7. The standard InChI is InChI=1S/C27H46O4S/c1-18(2)7-6-8-19(3)23-11-12-24-22-10-9-20-17-21(31-32(28,29)30)13-15-26(20,4)25(22)14-16-27(23,24)5/h9,18-19,21-25H,6-8,10-17H2,1-5H3,(H,28,29,30)/t19?,21-,22-,23+,24-,25-,26-,27+/m0/s1. The molecular formula is C27H46O4S. The minimum atomic E-state index is -4.38. The van der Waals surface area contributed by atoms with Crippen LogP contribution in [-0.2, 0) is 14.6 Å². The molecule has 184 valence electrons. The van der Waals surface area contributed by atoms with E-state index in [1.165, 1.54) is 50.5 Å². The Hall–Kier alpha value is -0.390. The molecule has 0 aliphatic heterocycles. The van der Waals surface area contributed by atoms with Crippen molar-refractivity contribution in [1.82, 2.24) is 0 Å². The summed E-state index contributed by atoms with van der Waals surface area (Å²) in [6, 6.07) is 0. The molecule has 0 radical (unpaired) electrons. The number of hydrogen-bond donors (Lipinski definition) is 1. The van der Waals surface area contributed by atoms with Crippen LogP contribution < -0.4 is 0 Å². The van der Waals surface area contributed by atoms with Crippen molar-refractivity contribution < 1.29 is 17.2 Å². The molecular weight excluding hydrogens is 420 g/mol. The summed E-state index contributed by atoms with van der Waals surface area (Å²) >= 11 is 0. The summed E-state index contributed by atoms with van der Waals surface area (Å²) in [5.74, 6) is 4.83. The fourth-order valence-corrected chi connectivity index (χ4v) is 9.41. The molecule has 32 heavy (non-hydrogen) atoms. The molecule has 1 N–H and O–H groups in total. The predicted molar refractivity (Wildman–Crippen MR) is 129 cm³/mol. The first kappa shape index (κ1) is 24.7. The molecule has 0 aromatic heterocycles. The van der Waals surface area contributed by atoms with Gasteiger partial charge in [0.15, 0.2) is 0 Å². The van der Waals surface area contributed by atoms with E-state index in [9.17, 15) is 8.42 Å². The second-order valence-corrected chi connectivity index (χ2v) is 13.7. The third kappa shape index (κ3) is 4.60. The van der Waals surface area contributed by atoms with Gasteiger partial charge in [-0.25, -0.2) is 4.18 Å². The van der Waals surface area contributed by atoms with Gasteiger partial charge in [-0.2, -0.15) is 8.42 Å². The van der Waals surface area contributed by atoms with E-state index in [1.54, 1.807) is 0 Å². The number of rotatable bonds is 7. The Labute approximate surface area is 196 Å². The Morgan fingerprint density at radius 2 is 1.81 bits per heavy atom. The highest BCUT2D eigenvalue weighted by Gasteiger charge is 2.59. The number of fused-ring (bicyclic) bond motifs is 5. The van der Waals surface area contributed by atoms with E-state index >= 15 is 0 Å². The van der Waals surface area contributed by atoms with E-state index in [-0.39, 0.29) is 5.41 Å². The molecule has 0 aromatic carbocycles. The minimum Gasteiger partial charge on any atom is -0.264 e. The van der Waals surface area contributed by atoms with Crippen LogP contribution >= 0.6 is 0 Å². The smallest absolute Gasteiger partial charge is 0.264 e. The molecule has 5 heteroatoms. The molecule has 0 spiro atoms. The summed E-state index contributed by atoms with van der Waals surface area (Å²) in [6.07, 6.45) is 15.1. The van der Waals surface area contributed by atoms with Crippen LogP contribution in [0.4, 0.5) is 0 Å². The Morgan fingerprint density at radius 1 is 1.06 bits per heavy atom. The molecule has 4 nitrogen and oxygen atoms in total. The molecule has 0 saturated heterocycles. The van der Waals surface area contributed by atoms with Crippen molar-refractivity contribution in [3.8, 4) is 0 Å². The number of hydrogen-bond acceptors (Lipinski definition) is 3. The number of allylic oxidation sites excluding steroid dienone is 1. The molecule has 3 saturated carbocycles. The maximum atomic E-state index is 11.2. The summed E-state index contributed by atoms with van der Waals surface area (Å²) in [4.78, 5) is 0. The first-order valence-electron chi connectivity index (χ1n) is 13.3. The van der Waals surface area contributed by atoms with Gasteiger partial charge in [-0.3, -0.25) is 4.55 Å². The van der Waals surface area contributed by atoms with E-state index in [2.05, 4.69) is 40.7 Å². The van der Waals surface area contributed by atoms with Gasteiger partial charge >= 0.3 is 10.4 Å². The maximum Gasteiger partial charge on any atom is 0.397 e. The van der Waals surface area contributed by atoms with Gasteiger partial charge in [0, 0.05) is 0 Å². The lowest BCUT2D eigenvalue weighted by molar-refractivity contribution is -0.0560. The van der Waals surface area contributed by atoms with Crippen LogP contribution in [0.3, 0.4) is 0 Å². The normalized spacial score (nSPS) is 42.7. The predicted octanol–water partition coefficient (Wildman–Crippen LogP) is 7.22. The summed E-state index contributed by atoms with van der Waals surface area (Å²) in [7, 11) is -4.38. The highest BCUT2D eigenvalue weighted by molar-refractivity contribution is 7.80. The fourth-order valence-electron chi connectivity index (χ4n) is 8.91. The van der Waals surface area contributed by atoms with Crippen molar-refractivity contribution in [2.45, 2.75) is 111 Å². The third-order valence-electron chi connectivity index (χ3n) is 10.5.